The van der Waals surface area contributed by atoms with Crippen LogP contribution in [-0.2, 0) is 0 Å². The highest BCUT2D eigenvalue weighted by atomic mass is 35.5. The summed E-state index contributed by atoms with van der Waals surface area (Å²) in [6.45, 7) is 0. The molecule has 70 valence electrons. The monoisotopic (exact) mass is 198 g/mol. The Morgan fingerprint density at radius 1 is 1.23 bits per heavy atom. The molecule has 0 bridgehead atoms. The number of amides is 2. The molecule has 3 nitrogen and oxygen atoms in total. The predicted octanol–water partition coefficient (Wildman–Crippen LogP) is 2.33. The van der Waals surface area contributed by atoms with Gasteiger partial charge >= 0.3 is 6.03 Å². The van der Waals surface area contributed by atoms with E-state index in [-0.39, 0.29) is 6.03 Å². The van der Waals surface area contributed by atoms with E-state index >= 15 is 0 Å². The summed E-state index contributed by atoms with van der Waals surface area (Å²) in [6.07, 6.45) is 0. The molecule has 0 N–H and O–H groups in total. The highest BCUT2D eigenvalue weighted by molar-refractivity contribution is 6.22. The first-order valence-electron chi connectivity index (χ1n) is 3.85. The molecule has 0 heterocycles. The van der Waals surface area contributed by atoms with E-state index in [0.29, 0.717) is 0 Å². The number of hydrogen-bond acceptors (Lipinski definition) is 1. The number of para-hydroxylation sites is 1. The van der Waals surface area contributed by atoms with Crippen molar-refractivity contribution in [2.75, 3.05) is 19.0 Å². The van der Waals surface area contributed by atoms with Crippen molar-refractivity contribution in [1.29, 1.82) is 0 Å². The van der Waals surface area contributed by atoms with Crippen LogP contribution in [0.3, 0.4) is 0 Å². The van der Waals surface area contributed by atoms with Crippen LogP contribution in [-0.4, -0.2) is 24.5 Å². The molecule has 0 aromatic heterocycles. The lowest BCUT2D eigenvalue weighted by molar-refractivity contribution is 0.236. The molecule has 1 rings (SSSR count). The highest BCUT2D eigenvalue weighted by Crippen LogP contribution is 2.12. The standard InChI is InChI=1S/C9H11ClN2O/c1-11(9(13)12(2)10)8-6-4-3-5-7-8/h3-7H,1-2H3. The maximum Gasteiger partial charge on any atom is 0.338 e. The number of rotatable bonds is 1. The van der Waals surface area contributed by atoms with Crippen molar-refractivity contribution in [3.63, 3.8) is 0 Å². The molecule has 0 saturated heterocycles. The fourth-order valence-corrected chi connectivity index (χ4v) is 1.08. The number of anilines is 1. The van der Waals surface area contributed by atoms with Gasteiger partial charge in [-0.15, -0.1) is 0 Å². The number of nitrogens with zero attached hydrogens (tertiary/aromatic N) is 2. The minimum Gasteiger partial charge on any atom is -0.296 e. The minimum atomic E-state index is -0.257. The summed E-state index contributed by atoms with van der Waals surface area (Å²) in [4.78, 5) is 12.8. The van der Waals surface area contributed by atoms with Crippen molar-refractivity contribution >= 4 is 23.5 Å². The number of hydrogen-bond donors (Lipinski definition) is 0. The zero-order valence-electron chi connectivity index (χ0n) is 7.57. The number of carbonyl (C=O) groups excluding carboxylic acids is 1. The Labute approximate surface area is 82.6 Å². The third-order valence-electron chi connectivity index (χ3n) is 1.69. The van der Waals surface area contributed by atoms with Gasteiger partial charge in [-0.1, -0.05) is 18.2 Å². The molecule has 1 aromatic carbocycles. The zero-order chi connectivity index (χ0) is 9.84. The van der Waals surface area contributed by atoms with E-state index in [2.05, 4.69) is 0 Å². The summed E-state index contributed by atoms with van der Waals surface area (Å²) in [5.41, 5.74) is 0.819. The van der Waals surface area contributed by atoms with Gasteiger partial charge in [-0.25, -0.2) is 9.21 Å². The summed E-state index contributed by atoms with van der Waals surface area (Å²) in [5, 5.41) is 0. The van der Waals surface area contributed by atoms with Crippen LogP contribution >= 0.6 is 11.8 Å². The van der Waals surface area contributed by atoms with Crippen LogP contribution in [0.15, 0.2) is 30.3 Å². The molecule has 0 spiro atoms. The van der Waals surface area contributed by atoms with E-state index in [1.54, 1.807) is 7.05 Å². The topological polar surface area (TPSA) is 23.6 Å². The number of benzene rings is 1. The van der Waals surface area contributed by atoms with E-state index in [9.17, 15) is 4.79 Å². The lowest BCUT2D eigenvalue weighted by Gasteiger charge is -2.19. The van der Waals surface area contributed by atoms with Gasteiger partial charge in [0.25, 0.3) is 0 Å². The summed E-state index contributed by atoms with van der Waals surface area (Å²) in [6, 6.07) is 9.07. The third-order valence-corrected chi connectivity index (χ3v) is 1.84. The fourth-order valence-electron chi connectivity index (χ4n) is 0.969. The van der Waals surface area contributed by atoms with Gasteiger partial charge in [-0.2, -0.15) is 0 Å². The molecule has 4 heteroatoms. The second kappa shape index (κ2) is 4.14. The molecule has 0 saturated carbocycles. The van der Waals surface area contributed by atoms with E-state index in [1.807, 2.05) is 30.3 Å². The lowest BCUT2D eigenvalue weighted by Crippen LogP contribution is -2.33. The Balaban J connectivity index is 2.80. The van der Waals surface area contributed by atoms with Crippen LogP contribution in [0, 0.1) is 0 Å². The Hall–Kier alpha value is -1.22. The van der Waals surface area contributed by atoms with Crippen LogP contribution in [0.2, 0.25) is 0 Å². The zero-order valence-corrected chi connectivity index (χ0v) is 8.32. The summed E-state index contributed by atoms with van der Waals surface area (Å²) >= 11 is 5.52. The third kappa shape index (κ3) is 2.36. The van der Waals surface area contributed by atoms with Gasteiger partial charge in [0.1, 0.15) is 0 Å². The van der Waals surface area contributed by atoms with Crippen LogP contribution < -0.4 is 4.90 Å². The fraction of sp³-hybridized carbons (Fsp3) is 0.222. The van der Waals surface area contributed by atoms with Gasteiger partial charge in [0.2, 0.25) is 0 Å². The van der Waals surface area contributed by atoms with Crippen molar-refractivity contribution in [3.8, 4) is 0 Å². The Morgan fingerprint density at radius 3 is 2.23 bits per heavy atom. The summed E-state index contributed by atoms with van der Waals surface area (Å²) in [5.74, 6) is 0. The number of halogens is 1. The normalized spacial score (nSPS) is 9.46. The Kier molecular flexibility index (Phi) is 3.14. The van der Waals surface area contributed by atoms with Gasteiger partial charge in [0, 0.05) is 31.6 Å². The molecule has 0 unspecified atom stereocenters. The Bertz CT molecular complexity index is 287. The molecular weight excluding hydrogens is 188 g/mol. The van der Waals surface area contributed by atoms with Gasteiger partial charge in [0.15, 0.2) is 0 Å². The van der Waals surface area contributed by atoms with Crippen LogP contribution in [0.1, 0.15) is 0 Å². The van der Waals surface area contributed by atoms with Crippen LogP contribution in [0.4, 0.5) is 10.5 Å². The van der Waals surface area contributed by atoms with Crippen molar-refractivity contribution in [1.82, 2.24) is 4.42 Å². The van der Waals surface area contributed by atoms with Gasteiger partial charge in [-0.05, 0) is 12.1 Å². The van der Waals surface area contributed by atoms with Crippen molar-refractivity contribution < 1.29 is 4.79 Å². The van der Waals surface area contributed by atoms with Crippen molar-refractivity contribution in [2.24, 2.45) is 0 Å². The van der Waals surface area contributed by atoms with Gasteiger partial charge in [0.05, 0.1) is 0 Å². The molecule has 13 heavy (non-hydrogen) atoms. The smallest absolute Gasteiger partial charge is 0.296 e. The lowest BCUT2D eigenvalue weighted by atomic mass is 10.3. The second-order valence-corrected chi connectivity index (χ2v) is 3.16. The largest absolute Gasteiger partial charge is 0.338 e. The van der Waals surface area contributed by atoms with Gasteiger partial charge < -0.3 is 0 Å². The first-order chi connectivity index (χ1) is 6.13. The van der Waals surface area contributed by atoms with E-state index in [1.165, 1.54) is 11.9 Å². The quantitative estimate of drug-likeness (QED) is 0.636. The molecule has 0 fully saturated rings. The molecular formula is C9H11ClN2O. The minimum absolute atomic E-state index is 0.257. The van der Waals surface area contributed by atoms with Crippen molar-refractivity contribution in [2.45, 2.75) is 0 Å². The number of urea groups is 1. The maximum absolute atomic E-state index is 11.4. The predicted molar refractivity (Wildman–Crippen MR) is 53.9 cm³/mol. The first kappa shape index (κ1) is 9.86. The molecule has 0 radical (unpaired) electrons. The maximum atomic E-state index is 11.4. The van der Waals surface area contributed by atoms with E-state index in [0.717, 1.165) is 10.1 Å². The molecule has 1 aromatic rings. The van der Waals surface area contributed by atoms with Crippen LogP contribution in [0.5, 0.6) is 0 Å². The Morgan fingerprint density at radius 2 is 1.77 bits per heavy atom. The number of carbonyl (C=O) groups is 1. The SMILES string of the molecule is CN(Cl)C(=O)N(C)c1ccccc1. The molecule has 0 aliphatic rings. The highest BCUT2D eigenvalue weighted by Gasteiger charge is 2.12. The first-order valence-corrected chi connectivity index (χ1v) is 4.19. The van der Waals surface area contributed by atoms with E-state index in [4.69, 9.17) is 11.8 Å². The second-order valence-electron chi connectivity index (χ2n) is 2.65. The molecule has 0 atom stereocenters. The molecule has 0 aliphatic carbocycles. The average Bonchev–Trinajstić information content (AvgIpc) is 2.17. The van der Waals surface area contributed by atoms with E-state index < -0.39 is 0 Å². The molecule has 0 aliphatic heterocycles. The van der Waals surface area contributed by atoms with Crippen LogP contribution in [0.25, 0.3) is 0 Å². The summed E-state index contributed by atoms with van der Waals surface area (Å²) in [7, 11) is 3.18. The average molecular weight is 199 g/mol. The van der Waals surface area contributed by atoms with Crippen molar-refractivity contribution in [3.05, 3.63) is 30.3 Å². The summed E-state index contributed by atoms with van der Waals surface area (Å²) < 4.78 is 1.02. The van der Waals surface area contributed by atoms with Gasteiger partial charge in [-0.3, -0.25) is 4.90 Å². The molecule has 2 amide bonds.